The van der Waals surface area contributed by atoms with Gasteiger partial charge in [-0.3, -0.25) is 0 Å². The quantitative estimate of drug-likeness (QED) is 0.607. The zero-order valence-corrected chi connectivity index (χ0v) is 14.2. The van der Waals surface area contributed by atoms with Crippen LogP contribution in [0.4, 0.5) is 0 Å². The van der Waals surface area contributed by atoms with Crippen LogP contribution >= 0.6 is 46.4 Å². The SMILES string of the molecule is COc1cc(CCl)cc(Cl)c1OCc1c(Cl)cccc1Cl. The van der Waals surface area contributed by atoms with Gasteiger partial charge in [0.1, 0.15) is 6.61 Å². The average molecular weight is 366 g/mol. The van der Waals surface area contributed by atoms with Gasteiger partial charge in [0, 0.05) is 21.5 Å². The minimum atomic E-state index is 0.189. The Balaban J connectivity index is 2.28. The van der Waals surface area contributed by atoms with Crippen LogP contribution in [0, 0.1) is 0 Å². The van der Waals surface area contributed by atoms with E-state index in [-0.39, 0.29) is 6.61 Å². The number of hydrogen-bond acceptors (Lipinski definition) is 2. The standard InChI is InChI=1S/C15H12Cl4O2/c1-20-14-6-9(7-16)5-13(19)15(14)21-8-10-11(17)3-2-4-12(10)18/h2-6H,7-8H2,1H3. The minimum absolute atomic E-state index is 0.189. The van der Waals surface area contributed by atoms with Crippen LogP contribution in [0.25, 0.3) is 0 Å². The van der Waals surface area contributed by atoms with Crippen molar-refractivity contribution in [2.45, 2.75) is 12.5 Å². The van der Waals surface area contributed by atoms with Gasteiger partial charge in [0.2, 0.25) is 0 Å². The topological polar surface area (TPSA) is 18.5 Å². The second-order valence-corrected chi connectivity index (χ2v) is 5.72. The summed E-state index contributed by atoms with van der Waals surface area (Å²) < 4.78 is 11.0. The van der Waals surface area contributed by atoms with Crippen LogP contribution in [0.3, 0.4) is 0 Å². The lowest BCUT2D eigenvalue weighted by Crippen LogP contribution is -2.00. The highest BCUT2D eigenvalue weighted by atomic mass is 35.5. The van der Waals surface area contributed by atoms with E-state index in [1.807, 2.05) is 0 Å². The van der Waals surface area contributed by atoms with Crippen LogP contribution in [0.15, 0.2) is 30.3 Å². The summed E-state index contributed by atoms with van der Waals surface area (Å²) in [6, 6.07) is 8.79. The van der Waals surface area contributed by atoms with Crippen molar-refractivity contribution in [2.75, 3.05) is 7.11 Å². The van der Waals surface area contributed by atoms with Gasteiger partial charge in [-0.1, -0.05) is 40.9 Å². The summed E-state index contributed by atoms with van der Waals surface area (Å²) in [5, 5.41) is 1.50. The highest BCUT2D eigenvalue weighted by molar-refractivity contribution is 6.36. The average Bonchev–Trinajstić information content (AvgIpc) is 2.47. The molecule has 0 aliphatic rings. The van der Waals surface area contributed by atoms with Crippen LogP contribution in [0.5, 0.6) is 11.5 Å². The van der Waals surface area contributed by atoms with E-state index >= 15 is 0 Å². The Morgan fingerprint density at radius 1 is 1.00 bits per heavy atom. The molecule has 0 saturated heterocycles. The van der Waals surface area contributed by atoms with Crippen LogP contribution < -0.4 is 9.47 Å². The predicted octanol–water partition coefficient (Wildman–Crippen LogP) is 5.97. The molecule has 6 heteroatoms. The van der Waals surface area contributed by atoms with Gasteiger partial charge in [0.05, 0.1) is 12.1 Å². The smallest absolute Gasteiger partial charge is 0.180 e. The van der Waals surface area contributed by atoms with E-state index in [0.29, 0.717) is 38.0 Å². The van der Waals surface area contributed by atoms with Gasteiger partial charge in [-0.05, 0) is 29.8 Å². The summed E-state index contributed by atoms with van der Waals surface area (Å²) in [5.74, 6) is 1.29. The lowest BCUT2D eigenvalue weighted by Gasteiger charge is -2.14. The third-order valence-corrected chi connectivity index (χ3v) is 4.16. The van der Waals surface area contributed by atoms with E-state index in [1.165, 1.54) is 0 Å². The first-order chi connectivity index (χ1) is 10.1. The number of rotatable bonds is 5. The van der Waals surface area contributed by atoms with Crippen molar-refractivity contribution in [3.05, 3.63) is 56.5 Å². The molecule has 112 valence electrons. The predicted molar refractivity (Wildman–Crippen MR) is 88.4 cm³/mol. The number of alkyl halides is 1. The number of methoxy groups -OCH3 is 1. The molecule has 0 fully saturated rings. The Kier molecular flexibility index (Phi) is 5.88. The van der Waals surface area contributed by atoms with Gasteiger partial charge in [0.25, 0.3) is 0 Å². The first kappa shape index (κ1) is 16.6. The molecular formula is C15H12Cl4O2. The highest BCUT2D eigenvalue weighted by Gasteiger charge is 2.14. The van der Waals surface area contributed by atoms with Gasteiger partial charge in [-0.2, -0.15) is 0 Å². The van der Waals surface area contributed by atoms with E-state index in [1.54, 1.807) is 37.4 Å². The summed E-state index contributed by atoms with van der Waals surface area (Å²) in [7, 11) is 1.54. The Hall–Kier alpha value is -0.800. The molecule has 0 aliphatic heterocycles. The van der Waals surface area contributed by atoms with Gasteiger partial charge in [-0.15, -0.1) is 11.6 Å². The van der Waals surface area contributed by atoms with E-state index < -0.39 is 0 Å². The molecule has 2 nitrogen and oxygen atoms in total. The minimum Gasteiger partial charge on any atom is -0.493 e. The van der Waals surface area contributed by atoms with Crippen LogP contribution in [-0.2, 0) is 12.5 Å². The van der Waals surface area contributed by atoms with E-state index in [0.717, 1.165) is 5.56 Å². The summed E-state index contributed by atoms with van der Waals surface area (Å²) in [6.45, 7) is 0.189. The molecular weight excluding hydrogens is 354 g/mol. The van der Waals surface area contributed by atoms with Crippen LogP contribution in [0.1, 0.15) is 11.1 Å². The molecule has 0 radical (unpaired) electrons. The molecule has 0 aliphatic carbocycles. The molecule has 0 heterocycles. The molecule has 0 bridgehead atoms. The van der Waals surface area contributed by atoms with Crippen molar-refractivity contribution in [3.63, 3.8) is 0 Å². The lowest BCUT2D eigenvalue weighted by atomic mass is 10.2. The fourth-order valence-corrected chi connectivity index (χ4v) is 2.75. The first-order valence-corrected chi connectivity index (χ1v) is 7.71. The van der Waals surface area contributed by atoms with Crippen LogP contribution in [0.2, 0.25) is 15.1 Å². The third-order valence-electron chi connectivity index (χ3n) is 2.87. The number of ether oxygens (including phenoxy) is 2. The summed E-state index contributed by atoms with van der Waals surface area (Å²) in [6.07, 6.45) is 0. The second-order valence-electron chi connectivity index (χ2n) is 4.23. The third kappa shape index (κ3) is 3.89. The normalized spacial score (nSPS) is 10.5. The van der Waals surface area contributed by atoms with Crippen molar-refractivity contribution in [1.82, 2.24) is 0 Å². The molecule has 0 atom stereocenters. The molecule has 0 saturated carbocycles. The Morgan fingerprint density at radius 3 is 2.24 bits per heavy atom. The molecule has 0 aromatic heterocycles. The Morgan fingerprint density at radius 2 is 1.67 bits per heavy atom. The van der Waals surface area contributed by atoms with Gasteiger partial charge in [0.15, 0.2) is 11.5 Å². The fourth-order valence-electron chi connectivity index (χ4n) is 1.81. The second kappa shape index (κ2) is 7.46. The number of halogens is 4. The summed E-state index contributed by atoms with van der Waals surface area (Å²) in [4.78, 5) is 0. The van der Waals surface area contributed by atoms with E-state index in [2.05, 4.69) is 0 Å². The van der Waals surface area contributed by atoms with Crippen molar-refractivity contribution >= 4 is 46.4 Å². The summed E-state index contributed by atoms with van der Waals surface area (Å²) in [5.41, 5.74) is 1.54. The maximum atomic E-state index is 6.21. The largest absolute Gasteiger partial charge is 0.493 e. The zero-order chi connectivity index (χ0) is 15.4. The van der Waals surface area contributed by atoms with Crippen molar-refractivity contribution in [1.29, 1.82) is 0 Å². The molecule has 2 aromatic rings. The molecule has 0 N–H and O–H groups in total. The number of benzene rings is 2. The van der Waals surface area contributed by atoms with Crippen molar-refractivity contribution in [2.24, 2.45) is 0 Å². The monoisotopic (exact) mass is 364 g/mol. The van der Waals surface area contributed by atoms with Crippen molar-refractivity contribution < 1.29 is 9.47 Å². The van der Waals surface area contributed by atoms with Gasteiger partial charge >= 0.3 is 0 Å². The molecule has 2 rings (SSSR count). The van der Waals surface area contributed by atoms with Gasteiger partial charge < -0.3 is 9.47 Å². The van der Waals surface area contributed by atoms with E-state index in [4.69, 9.17) is 55.9 Å². The molecule has 0 amide bonds. The van der Waals surface area contributed by atoms with Crippen LogP contribution in [-0.4, -0.2) is 7.11 Å². The number of hydrogen-bond donors (Lipinski definition) is 0. The first-order valence-electron chi connectivity index (χ1n) is 6.05. The highest BCUT2D eigenvalue weighted by Crippen LogP contribution is 2.38. The van der Waals surface area contributed by atoms with Crippen molar-refractivity contribution in [3.8, 4) is 11.5 Å². The molecule has 2 aromatic carbocycles. The van der Waals surface area contributed by atoms with E-state index in [9.17, 15) is 0 Å². The maximum absolute atomic E-state index is 6.21. The summed E-state index contributed by atoms with van der Waals surface area (Å²) >= 11 is 24.2. The Labute approximate surface area is 143 Å². The molecule has 0 unspecified atom stereocenters. The zero-order valence-electron chi connectivity index (χ0n) is 11.1. The van der Waals surface area contributed by atoms with Gasteiger partial charge in [-0.25, -0.2) is 0 Å². The Bertz CT molecular complexity index is 624. The fraction of sp³-hybridized carbons (Fsp3) is 0.200. The molecule has 0 spiro atoms. The molecule has 21 heavy (non-hydrogen) atoms. The maximum Gasteiger partial charge on any atom is 0.180 e. The lowest BCUT2D eigenvalue weighted by molar-refractivity contribution is 0.284.